The standard InChI is InChI=1S/C10H18N4O.C2H6/c1-4-11-10(15)14(5-2)6-9-8(3)12-7-13-9;1-2/h7H,4-6H2,1-3H3,(H,11,15)(H,12,13);1-2H3. The van der Waals surface area contributed by atoms with E-state index in [9.17, 15) is 4.79 Å². The van der Waals surface area contributed by atoms with E-state index in [0.717, 1.165) is 11.4 Å². The maximum absolute atomic E-state index is 11.6. The van der Waals surface area contributed by atoms with Crippen LogP contribution in [0.2, 0.25) is 0 Å². The van der Waals surface area contributed by atoms with Crippen molar-refractivity contribution in [3.05, 3.63) is 17.7 Å². The number of hydrogen-bond donors (Lipinski definition) is 2. The molecule has 0 aromatic carbocycles. The van der Waals surface area contributed by atoms with Crippen LogP contribution < -0.4 is 5.32 Å². The molecule has 2 N–H and O–H groups in total. The third-order valence-electron chi connectivity index (χ3n) is 2.27. The van der Waals surface area contributed by atoms with E-state index in [1.54, 1.807) is 11.2 Å². The van der Waals surface area contributed by atoms with Gasteiger partial charge in [-0.3, -0.25) is 0 Å². The Labute approximate surface area is 104 Å². The Morgan fingerprint density at radius 1 is 1.47 bits per heavy atom. The molecule has 5 heteroatoms. The second-order valence-corrected chi connectivity index (χ2v) is 3.32. The summed E-state index contributed by atoms with van der Waals surface area (Å²) in [6, 6.07) is -0.0394. The molecule has 0 aliphatic heterocycles. The van der Waals surface area contributed by atoms with Gasteiger partial charge >= 0.3 is 6.03 Å². The van der Waals surface area contributed by atoms with Crippen LogP contribution >= 0.6 is 0 Å². The number of urea groups is 1. The summed E-state index contributed by atoms with van der Waals surface area (Å²) in [5.41, 5.74) is 1.93. The van der Waals surface area contributed by atoms with Gasteiger partial charge in [-0.05, 0) is 20.8 Å². The van der Waals surface area contributed by atoms with Crippen LogP contribution in [0, 0.1) is 6.92 Å². The molecule has 0 fully saturated rings. The molecular weight excluding hydrogens is 216 g/mol. The van der Waals surface area contributed by atoms with E-state index in [2.05, 4.69) is 15.3 Å². The third-order valence-corrected chi connectivity index (χ3v) is 2.27. The minimum absolute atomic E-state index is 0.0394. The lowest BCUT2D eigenvalue weighted by atomic mass is 10.3. The van der Waals surface area contributed by atoms with Gasteiger partial charge < -0.3 is 15.2 Å². The van der Waals surface area contributed by atoms with Gasteiger partial charge in [0.05, 0.1) is 18.6 Å². The Morgan fingerprint density at radius 2 is 2.12 bits per heavy atom. The normalized spacial score (nSPS) is 9.24. The highest BCUT2D eigenvalue weighted by molar-refractivity contribution is 5.74. The molecular formula is C12H24N4O. The number of carbonyl (C=O) groups is 1. The molecule has 2 amide bonds. The number of H-pyrrole nitrogens is 1. The summed E-state index contributed by atoms with van der Waals surface area (Å²) < 4.78 is 0. The smallest absolute Gasteiger partial charge is 0.317 e. The molecule has 0 bridgehead atoms. The lowest BCUT2D eigenvalue weighted by Crippen LogP contribution is -2.39. The molecule has 5 nitrogen and oxygen atoms in total. The van der Waals surface area contributed by atoms with Crippen molar-refractivity contribution in [1.29, 1.82) is 0 Å². The first kappa shape index (κ1) is 15.5. The predicted octanol–water partition coefficient (Wildman–Crippen LogP) is 2.30. The van der Waals surface area contributed by atoms with Crippen molar-refractivity contribution in [2.24, 2.45) is 0 Å². The summed E-state index contributed by atoms with van der Waals surface area (Å²) in [6.45, 7) is 11.7. The van der Waals surface area contributed by atoms with Gasteiger partial charge in [0.15, 0.2) is 0 Å². The maximum atomic E-state index is 11.6. The zero-order valence-electron chi connectivity index (χ0n) is 11.5. The molecule has 0 unspecified atom stereocenters. The van der Waals surface area contributed by atoms with E-state index >= 15 is 0 Å². The third kappa shape index (κ3) is 4.89. The van der Waals surface area contributed by atoms with Gasteiger partial charge in [0.1, 0.15) is 0 Å². The molecule has 0 aliphatic rings. The van der Waals surface area contributed by atoms with Gasteiger partial charge in [-0.25, -0.2) is 9.78 Å². The Kier molecular flexibility index (Phi) is 7.84. The summed E-state index contributed by atoms with van der Waals surface area (Å²) >= 11 is 0. The number of aromatic amines is 1. The van der Waals surface area contributed by atoms with Gasteiger partial charge in [0.2, 0.25) is 0 Å². The Morgan fingerprint density at radius 3 is 2.53 bits per heavy atom. The zero-order chi connectivity index (χ0) is 13.3. The number of aromatic nitrogens is 2. The summed E-state index contributed by atoms with van der Waals surface area (Å²) in [4.78, 5) is 20.5. The topological polar surface area (TPSA) is 61.0 Å². The zero-order valence-corrected chi connectivity index (χ0v) is 11.5. The molecule has 0 atom stereocenters. The molecule has 1 aromatic rings. The first-order chi connectivity index (χ1) is 8.19. The van der Waals surface area contributed by atoms with Crippen LogP contribution in [-0.4, -0.2) is 34.0 Å². The number of hydrogen-bond acceptors (Lipinski definition) is 2. The first-order valence-electron chi connectivity index (χ1n) is 6.20. The molecule has 0 aliphatic carbocycles. The van der Waals surface area contributed by atoms with Crippen LogP contribution in [0.5, 0.6) is 0 Å². The predicted molar refractivity (Wildman–Crippen MR) is 69.8 cm³/mol. The second-order valence-electron chi connectivity index (χ2n) is 3.32. The molecule has 1 heterocycles. The summed E-state index contributed by atoms with van der Waals surface area (Å²) in [6.07, 6.45) is 1.65. The number of aryl methyl sites for hydroxylation is 1. The monoisotopic (exact) mass is 240 g/mol. The van der Waals surface area contributed by atoms with E-state index in [0.29, 0.717) is 19.6 Å². The van der Waals surface area contributed by atoms with E-state index < -0.39 is 0 Å². The lowest BCUT2D eigenvalue weighted by molar-refractivity contribution is 0.198. The Bertz CT molecular complexity index is 322. The number of nitrogens with one attached hydrogen (secondary N) is 2. The molecule has 98 valence electrons. The van der Waals surface area contributed by atoms with Crippen molar-refractivity contribution in [1.82, 2.24) is 20.2 Å². The quantitative estimate of drug-likeness (QED) is 0.848. The summed E-state index contributed by atoms with van der Waals surface area (Å²) in [5.74, 6) is 0. The average molecular weight is 240 g/mol. The van der Waals surface area contributed by atoms with Gasteiger partial charge in [-0.2, -0.15) is 0 Å². The fraction of sp³-hybridized carbons (Fsp3) is 0.667. The van der Waals surface area contributed by atoms with Gasteiger partial charge in [-0.15, -0.1) is 0 Å². The van der Waals surface area contributed by atoms with Gasteiger partial charge in [-0.1, -0.05) is 13.8 Å². The van der Waals surface area contributed by atoms with Crippen molar-refractivity contribution >= 4 is 6.03 Å². The largest absolute Gasteiger partial charge is 0.348 e. The number of nitrogens with zero attached hydrogens (tertiary/aromatic N) is 2. The van der Waals surface area contributed by atoms with E-state index in [1.165, 1.54) is 0 Å². The van der Waals surface area contributed by atoms with E-state index in [4.69, 9.17) is 0 Å². The number of carbonyl (C=O) groups excluding carboxylic acids is 1. The van der Waals surface area contributed by atoms with E-state index in [-0.39, 0.29) is 6.03 Å². The van der Waals surface area contributed by atoms with E-state index in [1.807, 2.05) is 34.6 Å². The summed E-state index contributed by atoms with van der Waals surface area (Å²) in [5, 5.41) is 2.78. The van der Waals surface area contributed by atoms with Gasteiger partial charge in [0.25, 0.3) is 0 Å². The van der Waals surface area contributed by atoms with Crippen molar-refractivity contribution in [3.63, 3.8) is 0 Å². The van der Waals surface area contributed by atoms with Crippen LogP contribution in [0.25, 0.3) is 0 Å². The minimum atomic E-state index is -0.0394. The minimum Gasteiger partial charge on any atom is -0.348 e. The van der Waals surface area contributed by atoms with Crippen molar-refractivity contribution in [2.75, 3.05) is 13.1 Å². The van der Waals surface area contributed by atoms with Crippen LogP contribution in [0.3, 0.4) is 0 Å². The molecule has 0 saturated carbocycles. The Balaban J connectivity index is 0.00000121. The SMILES string of the molecule is CC.CCNC(=O)N(CC)Cc1nc[nH]c1C. The second kappa shape index (κ2) is 8.61. The maximum Gasteiger partial charge on any atom is 0.317 e. The molecule has 17 heavy (non-hydrogen) atoms. The fourth-order valence-electron chi connectivity index (χ4n) is 1.32. The Hall–Kier alpha value is -1.52. The van der Waals surface area contributed by atoms with Crippen molar-refractivity contribution in [3.8, 4) is 0 Å². The van der Waals surface area contributed by atoms with Crippen LogP contribution in [0.15, 0.2) is 6.33 Å². The highest BCUT2D eigenvalue weighted by Crippen LogP contribution is 2.05. The lowest BCUT2D eigenvalue weighted by Gasteiger charge is -2.20. The molecule has 0 radical (unpaired) electrons. The molecule has 1 rings (SSSR count). The van der Waals surface area contributed by atoms with Crippen LogP contribution in [0.1, 0.15) is 39.1 Å². The number of amides is 2. The molecule has 0 spiro atoms. The van der Waals surface area contributed by atoms with Gasteiger partial charge in [0, 0.05) is 18.8 Å². The van der Waals surface area contributed by atoms with Crippen LogP contribution in [0.4, 0.5) is 4.79 Å². The van der Waals surface area contributed by atoms with Crippen molar-refractivity contribution < 1.29 is 4.79 Å². The number of imidazole rings is 1. The fourth-order valence-corrected chi connectivity index (χ4v) is 1.32. The van der Waals surface area contributed by atoms with Crippen molar-refractivity contribution in [2.45, 2.75) is 41.2 Å². The number of rotatable bonds is 4. The average Bonchev–Trinajstić information content (AvgIpc) is 2.74. The molecule has 1 aromatic heterocycles. The highest BCUT2D eigenvalue weighted by atomic mass is 16.2. The first-order valence-corrected chi connectivity index (χ1v) is 6.20. The summed E-state index contributed by atoms with van der Waals surface area (Å²) in [7, 11) is 0. The highest BCUT2D eigenvalue weighted by Gasteiger charge is 2.12. The molecule has 0 saturated heterocycles. The van der Waals surface area contributed by atoms with Crippen LogP contribution in [-0.2, 0) is 6.54 Å².